The summed E-state index contributed by atoms with van der Waals surface area (Å²) in [5.41, 5.74) is -0.0143. The van der Waals surface area contributed by atoms with Crippen molar-refractivity contribution in [2.45, 2.75) is 40.0 Å². The zero-order chi connectivity index (χ0) is 15.0. The standard InChI is InChI=1S/C14H25N3O2S/c1-4-14(5-2,7-8-18)10-17-12(19)11-9-16-13(20-11)15-6-3/h9,18H,4-8,10H2,1-3H3,(H,15,16)(H,17,19). The molecule has 0 aromatic carbocycles. The Labute approximate surface area is 124 Å². The van der Waals surface area contributed by atoms with E-state index in [1.165, 1.54) is 11.3 Å². The molecule has 0 saturated heterocycles. The van der Waals surface area contributed by atoms with Crippen LogP contribution in [0.1, 0.15) is 49.7 Å². The molecule has 0 spiro atoms. The van der Waals surface area contributed by atoms with Crippen molar-refractivity contribution in [2.75, 3.05) is 25.0 Å². The molecule has 0 unspecified atom stereocenters. The zero-order valence-corrected chi connectivity index (χ0v) is 13.3. The van der Waals surface area contributed by atoms with Crippen LogP contribution in [0.25, 0.3) is 0 Å². The van der Waals surface area contributed by atoms with E-state index in [1.807, 2.05) is 6.92 Å². The van der Waals surface area contributed by atoms with Gasteiger partial charge in [0.15, 0.2) is 5.13 Å². The number of thiazole rings is 1. The number of anilines is 1. The third kappa shape index (κ3) is 4.45. The lowest BCUT2D eigenvalue weighted by Crippen LogP contribution is -2.37. The van der Waals surface area contributed by atoms with E-state index in [4.69, 9.17) is 0 Å². The molecule has 20 heavy (non-hydrogen) atoms. The molecule has 1 heterocycles. The van der Waals surface area contributed by atoms with E-state index in [2.05, 4.69) is 29.5 Å². The number of carbonyl (C=O) groups is 1. The summed E-state index contributed by atoms with van der Waals surface area (Å²) in [6.07, 6.45) is 4.19. The Hall–Kier alpha value is -1.14. The van der Waals surface area contributed by atoms with Gasteiger partial charge in [-0.1, -0.05) is 25.2 Å². The number of hydrogen-bond acceptors (Lipinski definition) is 5. The average Bonchev–Trinajstić information content (AvgIpc) is 2.92. The number of nitrogens with zero attached hydrogens (tertiary/aromatic N) is 1. The van der Waals surface area contributed by atoms with Gasteiger partial charge in [0.1, 0.15) is 4.88 Å². The number of hydrogen-bond donors (Lipinski definition) is 3. The molecule has 1 aromatic heterocycles. The van der Waals surface area contributed by atoms with Gasteiger partial charge in [-0.05, 0) is 31.6 Å². The Morgan fingerprint density at radius 2 is 2.10 bits per heavy atom. The molecule has 3 N–H and O–H groups in total. The van der Waals surface area contributed by atoms with Gasteiger partial charge in [-0.2, -0.15) is 0 Å². The third-order valence-corrected chi connectivity index (χ3v) is 4.78. The summed E-state index contributed by atoms with van der Waals surface area (Å²) in [5, 5.41) is 16.0. The summed E-state index contributed by atoms with van der Waals surface area (Å²) < 4.78 is 0. The molecule has 0 aliphatic rings. The first-order valence-electron chi connectivity index (χ1n) is 7.19. The van der Waals surface area contributed by atoms with Gasteiger partial charge in [0.25, 0.3) is 5.91 Å². The number of aliphatic hydroxyl groups is 1. The maximum absolute atomic E-state index is 12.1. The smallest absolute Gasteiger partial charge is 0.263 e. The zero-order valence-electron chi connectivity index (χ0n) is 12.5. The van der Waals surface area contributed by atoms with Crippen molar-refractivity contribution in [1.82, 2.24) is 10.3 Å². The third-order valence-electron chi connectivity index (χ3n) is 3.82. The molecule has 0 aliphatic carbocycles. The van der Waals surface area contributed by atoms with Crippen molar-refractivity contribution in [3.8, 4) is 0 Å². The molecule has 0 fully saturated rings. The van der Waals surface area contributed by atoms with E-state index in [1.54, 1.807) is 6.20 Å². The lowest BCUT2D eigenvalue weighted by Gasteiger charge is -2.31. The largest absolute Gasteiger partial charge is 0.396 e. The van der Waals surface area contributed by atoms with Crippen molar-refractivity contribution < 1.29 is 9.90 Å². The lowest BCUT2D eigenvalue weighted by molar-refractivity contribution is 0.0911. The molecule has 0 bridgehead atoms. The van der Waals surface area contributed by atoms with Crippen LogP contribution in [0.5, 0.6) is 0 Å². The Bertz CT molecular complexity index is 416. The number of aliphatic hydroxyl groups excluding tert-OH is 1. The van der Waals surface area contributed by atoms with E-state index in [9.17, 15) is 9.90 Å². The number of amides is 1. The van der Waals surface area contributed by atoms with Crippen molar-refractivity contribution >= 4 is 22.4 Å². The molecule has 1 aromatic rings. The average molecular weight is 299 g/mol. The van der Waals surface area contributed by atoms with Crippen molar-refractivity contribution in [3.05, 3.63) is 11.1 Å². The predicted octanol–water partition coefficient (Wildman–Crippen LogP) is 2.49. The quantitative estimate of drug-likeness (QED) is 0.655. The minimum atomic E-state index is -0.0872. The minimum Gasteiger partial charge on any atom is -0.396 e. The fourth-order valence-corrected chi connectivity index (χ4v) is 2.95. The molecule has 1 amide bonds. The van der Waals surface area contributed by atoms with E-state index >= 15 is 0 Å². The summed E-state index contributed by atoms with van der Waals surface area (Å²) in [6, 6.07) is 0. The Morgan fingerprint density at radius 1 is 1.40 bits per heavy atom. The minimum absolute atomic E-state index is 0.0143. The second-order valence-electron chi connectivity index (χ2n) is 4.92. The maximum Gasteiger partial charge on any atom is 0.263 e. The number of rotatable bonds is 9. The lowest BCUT2D eigenvalue weighted by atomic mass is 9.79. The molecule has 0 radical (unpaired) electrons. The molecular weight excluding hydrogens is 274 g/mol. The van der Waals surface area contributed by atoms with Crippen LogP contribution in [-0.2, 0) is 0 Å². The number of nitrogens with one attached hydrogen (secondary N) is 2. The molecule has 1 rings (SSSR count). The van der Waals surface area contributed by atoms with E-state index in [0.29, 0.717) is 17.8 Å². The highest BCUT2D eigenvalue weighted by atomic mass is 32.1. The highest BCUT2D eigenvalue weighted by molar-refractivity contribution is 7.17. The van der Waals surface area contributed by atoms with E-state index < -0.39 is 0 Å². The second-order valence-corrected chi connectivity index (χ2v) is 5.95. The van der Waals surface area contributed by atoms with Crippen LogP contribution >= 0.6 is 11.3 Å². The van der Waals surface area contributed by atoms with Crippen LogP contribution in [0.2, 0.25) is 0 Å². The Balaban J connectivity index is 2.60. The van der Waals surface area contributed by atoms with Crippen molar-refractivity contribution in [3.63, 3.8) is 0 Å². The fraction of sp³-hybridized carbons (Fsp3) is 0.714. The number of aromatic nitrogens is 1. The van der Waals surface area contributed by atoms with Crippen molar-refractivity contribution in [2.24, 2.45) is 5.41 Å². The van der Waals surface area contributed by atoms with Gasteiger partial charge < -0.3 is 15.7 Å². The summed E-state index contributed by atoms with van der Waals surface area (Å²) in [5.74, 6) is -0.0872. The van der Waals surface area contributed by atoms with E-state index in [-0.39, 0.29) is 17.9 Å². The summed E-state index contributed by atoms with van der Waals surface area (Å²) in [6.45, 7) is 7.73. The summed E-state index contributed by atoms with van der Waals surface area (Å²) in [4.78, 5) is 16.9. The second kappa shape index (κ2) is 8.21. The van der Waals surface area contributed by atoms with Gasteiger partial charge in [0.05, 0.1) is 6.20 Å². The first-order valence-corrected chi connectivity index (χ1v) is 8.01. The highest BCUT2D eigenvalue weighted by Crippen LogP contribution is 2.29. The monoisotopic (exact) mass is 299 g/mol. The molecule has 114 valence electrons. The van der Waals surface area contributed by atoms with E-state index in [0.717, 1.165) is 24.5 Å². The Kier molecular flexibility index (Phi) is 6.95. The normalized spacial score (nSPS) is 11.4. The Morgan fingerprint density at radius 3 is 2.65 bits per heavy atom. The van der Waals surface area contributed by atoms with Crippen LogP contribution in [0.15, 0.2) is 6.20 Å². The van der Waals surface area contributed by atoms with Gasteiger partial charge in [-0.15, -0.1) is 0 Å². The van der Waals surface area contributed by atoms with Crippen LogP contribution < -0.4 is 10.6 Å². The van der Waals surface area contributed by atoms with Gasteiger partial charge in [-0.25, -0.2) is 4.98 Å². The molecule has 6 heteroatoms. The topological polar surface area (TPSA) is 74.2 Å². The van der Waals surface area contributed by atoms with Crippen LogP contribution in [-0.4, -0.2) is 35.7 Å². The van der Waals surface area contributed by atoms with Gasteiger partial charge in [0, 0.05) is 19.7 Å². The maximum atomic E-state index is 12.1. The van der Waals surface area contributed by atoms with Crippen LogP contribution in [0.4, 0.5) is 5.13 Å². The molecule has 0 aliphatic heterocycles. The molecule has 0 saturated carbocycles. The molecule has 5 nitrogen and oxygen atoms in total. The molecular formula is C14H25N3O2S. The summed E-state index contributed by atoms with van der Waals surface area (Å²) >= 11 is 1.36. The molecule has 0 atom stereocenters. The summed E-state index contributed by atoms with van der Waals surface area (Å²) in [7, 11) is 0. The first-order chi connectivity index (χ1) is 9.60. The number of carbonyl (C=O) groups excluding carboxylic acids is 1. The van der Waals surface area contributed by atoms with Crippen LogP contribution in [0, 0.1) is 5.41 Å². The SMILES string of the molecule is CCNc1ncc(C(=O)NCC(CC)(CC)CCO)s1. The van der Waals surface area contributed by atoms with Gasteiger partial charge in [0.2, 0.25) is 0 Å². The first kappa shape index (κ1) is 16.9. The fourth-order valence-electron chi connectivity index (χ4n) is 2.15. The highest BCUT2D eigenvalue weighted by Gasteiger charge is 2.26. The van der Waals surface area contributed by atoms with Crippen molar-refractivity contribution in [1.29, 1.82) is 0 Å². The van der Waals surface area contributed by atoms with Gasteiger partial charge in [-0.3, -0.25) is 4.79 Å². The van der Waals surface area contributed by atoms with Crippen LogP contribution in [0.3, 0.4) is 0 Å². The van der Waals surface area contributed by atoms with Gasteiger partial charge >= 0.3 is 0 Å². The predicted molar refractivity (Wildman–Crippen MR) is 83.3 cm³/mol.